The summed E-state index contributed by atoms with van der Waals surface area (Å²) in [6, 6.07) is 0. The molecule has 14 heavy (non-hydrogen) atoms. The molecule has 0 radical (unpaired) electrons. The van der Waals surface area contributed by atoms with Crippen molar-refractivity contribution in [1.29, 1.82) is 0 Å². The van der Waals surface area contributed by atoms with Gasteiger partial charge in [-0.15, -0.1) is 0 Å². The molecule has 0 aromatic carbocycles. The van der Waals surface area contributed by atoms with Crippen molar-refractivity contribution in [3.05, 3.63) is 0 Å². The standard InChI is InChI=1S/C9H19N3O2/c1-9(2,6-10)8(14)11-5-7(13)12(3)4/h5-6,10H2,1-4H3,(H,11,14). The molecule has 0 heterocycles. The summed E-state index contributed by atoms with van der Waals surface area (Å²) in [5, 5.41) is 2.54. The van der Waals surface area contributed by atoms with Gasteiger partial charge >= 0.3 is 0 Å². The number of likely N-dealkylation sites (N-methyl/N-ethyl adjacent to an activating group) is 1. The Morgan fingerprint density at radius 1 is 1.36 bits per heavy atom. The maximum Gasteiger partial charge on any atom is 0.241 e. The van der Waals surface area contributed by atoms with E-state index in [1.165, 1.54) is 4.90 Å². The van der Waals surface area contributed by atoms with Crippen LogP contribution in [0.25, 0.3) is 0 Å². The number of nitrogens with one attached hydrogen (secondary N) is 1. The van der Waals surface area contributed by atoms with Crippen LogP contribution < -0.4 is 11.1 Å². The molecule has 0 rings (SSSR count). The van der Waals surface area contributed by atoms with Gasteiger partial charge in [-0.2, -0.15) is 0 Å². The van der Waals surface area contributed by atoms with E-state index in [2.05, 4.69) is 5.32 Å². The number of amides is 2. The number of hydrogen-bond donors (Lipinski definition) is 2. The van der Waals surface area contributed by atoms with Crippen LogP contribution in [0.1, 0.15) is 13.8 Å². The van der Waals surface area contributed by atoms with Crippen molar-refractivity contribution >= 4 is 11.8 Å². The molecule has 0 saturated heterocycles. The molecule has 0 atom stereocenters. The van der Waals surface area contributed by atoms with Gasteiger partial charge in [-0.25, -0.2) is 0 Å². The molecule has 0 aliphatic rings. The molecule has 2 amide bonds. The summed E-state index contributed by atoms with van der Waals surface area (Å²) in [5.74, 6) is -0.332. The SMILES string of the molecule is CN(C)C(=O)CNC(=O)C(C)(C)CN. The first-order chi connectivity index (χ1) is 6.31. The van der Waals surface area contributed by atoms with Gasteiger partial charge in [-0.05, 0) is 13.8 Å². The lowest BCUT2D eigenvalue weighted by Crippen LogP contribution is -2.45. The molecular weight excluding hydrogens is 182 g/mol. The van der Waals surface area contributed by atoms with Crippen LogP contribution in [0, 0.1) is 5.41 Å². The predicted octanol–water partition coefficient (Wildman–Crippen LogP) is -0.824. The average Bonchev–Trinajstić information content (AvgIpc) is 2.13. The Morgan fingerprint density at radius 3 is 2.21 bits per heavy atom. The molecule has 82 valence electrons. The summed E-state index contributed by atoms with van der Waals surface area (Å²) < 4.78 is 0. The van der Waals surface area contributed by atoms with Gasteiger partial charge < -0.3 is 16.0 Å². The van der Waals surface area contributed by atoms with Gasteiger partial charge in [0.05, 0.1) is 12.0 Å². The Kier molecular flexibility index (Phi) is 4.56. The van der Waals surface area contributed by atoms with Crippen LogP contribution in [0.5, 0.6) is 0 Å². The van der Waals surface area contributed by atoms with Crippen molar-refractivity contribution in [3.63, 3.8) is 0 Å². The fraction of sp³-hybridized carbons (Fsp3) is 0.778. The van der Waals surface area contributed by atoms with Gasteiger partial charge in [0.25, 0.3) is 0 Å². The topological polar surface area (TPSA) is 75.4 Å². The maximum absolute atomic E-state index is 11.5. The number of rotatable bonds is 4. The average molecular weight is 201 g/mol. The van der Waals surface area contributed by atoms with Crippen LogP contribution in [-0.2, 0) is 9.59 Å². The molecule has 0 aromatic rings. The monoisotopic (exact) mass is 201 g/mol. The van der Waals surface area contributed by atoms with Crippen molar-refractivity contribution in [2.45, 2.75) is 13.8 Å². The maximum atomic E-state index is 11.5. The number of carbonyl (C=O) groups excluding carboxylic acids is 2. The molecule has 0 bridgehead atoms. The zero-order valence-corrected chi connectivity index (χ0v) is 9.26. The number of nitrogens with two attached hydrogens (primary N) is 1. The highest BCUT2D eigenvalue weighted by Crippen LogP contribution is 2.11. The highest BCUT2D eigenvalue weighted by Gasteiger charge is 2.25. The van der Waals surface area contributed by atoms with Crippen molar-refractivity contribution < 1.29 is 9.59 Å². The van der Waals surface area contributed by atoms with Crippen molar-refractivity contribution in [3.8, 4) is 0 Å². The molecule has 0 aliphatic carbocycles. The second-order valence-corrected chi connectivity index (χ2v) is 4.06. The van der Waals surface area contributed by atoms with E-state index in [-0.39, 0.29) is 24.9 Å². The summed E-state index contributed by atoms with van der Waals surface area (Å²) in [6.07, 6.45) is 0. The van der Waals surface area contributed by atoms with E-state index in [1.54, 1.807) is 27.9 Å². The Hall–Kier alpha value is -1.10. The van der Waals surface area contributed by atoms with Gasteiger partial charge in [-0.1, -0.05) is 0 Å². The summed E-state index contributed by atoms with van der Waals surface area (Å²) in [4.78, 5) is 24.0. The first-order valence-electron chi connectivity index (χ1n) is 4.50. The fourth-order valence-electron chi connectivity index (χ4n) is 0.646. The lowest BCUT2D eigenvalue weighted by molar-refractivity contribution is -0.134. The summed E-state index contributed by atoms with van der Waals surface area (Å²) >= 11 is 0. The van der Waals surface area contributed by atoms with E-state index >= 15 is 0 Å². The predicted molar refractivity (Wildman–Crippen MR) is 54.5 cm³/mol. The van der Waals surface area contributed by atoms with Crippen LogP contribution in [0.15, 0.2) is 0 Å². The van der Waals surface area contributed by atoms with Crippen molar-refractivity contribution in [1.82, 2.24) is 10.2 Å². The summed E-state index contributed by atoms with van der Waals surface area (Å²) in [5.41, 5.74) is 4.80. The zero-order chi connectivity index (χ0) is 11.4. The lowest BCUT2D eigenvalue weighted by atomic mass is 9.93. The third kappa shape index (κ3) is 3.74. The van der Waals surface area contributed by atoms with Crippen LogP contribution in [0.2, 0.25) is 0 Å². The quantitative estimate of drug-likeness (QED) is 0.623. The van der Waals surface area contributed by atoms with Crippen LogP contribution >= 0.6 is 0 Å². The van der Waals surface area contributed by atoms with E-state index in [1.807, 2.05) is 0 Å². The molecule has 0 saturated carbocycles. The number of hydrogen-bond acceptors (Lipinski definition) is 3. The lowest BCUT2D eigenvalue weighted by Gasteiger charge is -2.21. The summed E-state index contributed by atoms with van der Waals surface area (Å²) in [7, 11) is 3.28. The van der Waals surface area contributed by atoms with Crippen LogP contribution in [0.3, 0.4) is 0 Å². The van der Waals surface area contributed by atoms with Gasteiger partial charge in [0, 0.05) is 20.6 Å². The minimum absolute atomic E-state index is 0.0231. The highest BCUT2D eigenvalue weighted by atomic mass is 16.2. The van der Waals surface area contributed by atoms with E-state index in [0.29, 0.717) is 0 Å². The van der Waals surface area contributed by atoms with E-state index < -0.39 is 5.41 Å². The zero-order valence-electron chi connectivity index (χ0n) is 9.26. The van der Waals surface area contributed by atoms with E-state index in [0.717, 1.165) is 0 Å². The minimum atomic E-state index is -0.618. The molecule has 0 aromatic heterocycles. The van der Waals surface area contributed by atoms with E-state index in [9.17, 15) is 9.59 Å². The Labute approximate surface area is 84.6 Å². The number of nitrogens with zero attached hydrogens (tertiary/aromatic N) is 1. The largest absolute Gasteiger partial charge is 0.347 e. The van der Waals surface area contributed by atoms with Crippen molar-refractivity contribution in [2.24, 2.45) is 11.1 Å². The van der Waals surface area contributed by atoms with Crippen molar-refractivity contribution in [2.75, 3.05) is 27.2 Å². The second-order valence-electron chi connectivity index (χ2n) is 4.06. The van der Waals surface area contributed by atoms with Gasteiger partial charge in [0.1, 0.15) is 0 Å². The third-order valence-corrected chi connectivity index (χ3v) is 2.02. The first kappa shape index (κ1) is 12.9. The summed E-state index contributed by atoms with van der Waals surface area (Å²) in [6.45, 7) is 3.76. The highest BCUT2D eigenvalue weighted by molar-refractivity contribution is 5.87. The molecular formula is C9H19N3O2. The number of carbonyl (C=O) groups is 2. The Morgan fingerprint density at radius 2 is 1.86 bits per heavy atom. The molecule has 0 spiro atoms. The molecule has 3 N–H and O–H groups in total. The minimum Gasteiger partial charge on any atom is -0.347 e. The molecule has 5 nitrogen and oxygen atoms in total. The normalized spacial score (nSPS) is 10.9. The Balaban J connectivity index is 4.04. The smallest absolute Gasteiger partial charge is 0.241 e. The first-order valence-corrected chi connectivity index (χ1v) is 4.50. The van der Waals surface area contributed by atoms with Crippen LogP contribution in [0.4, 0.5) is 0 Å². The van der Waals surface area contributed by atoms with Crippen LogP contribution in [-0.4, -0.2) is 43.9 Å². The van der Waals surface area contributed by atoms with E-state index in [4.69, 9.17) is 5.73 Å². The van der Waals surface area contributed by atoms with Gasteiger partial charge in [0.2, 0.25) is 11.8 Å². The fourth-order valence-corrected chi connectivity index (χ4v) is 0.646. The molecule has 0 aliphatic heterocycles. The molecule has 0 fully saturated rings. The molecule has 0 unspecified atom stereocenters. The van der Waals surface area contributed by atoms with Gasteiger partial charge in [0.15, 0.2) is 0 Å². The third-order valence-electron chi connectivity index (χ3n) is 2.02. The van der Waals surface area contributed by atoms with Gasteiger partial charge in [-0.3, -0.25) is 9.59 Å². The Bertz CT molecular complexity index is 224. The second kappa shape index (κ2) is 4.95. The molecule has 5 heteroatoms.